The van der Waals surface area contributed by atoms with Crippen LogP contribution in [-0.4, -0.2) is 18.5 Å². The van der Waals surface area contributed by atoms with Gasteiger partial charge in [-0.1, -0.05) is 15.9 Å². The molecule has 1 aliphatic rings. The van der Waals surface area contributed by atoms with Gasteiger partial charge in [0, 0.05) is 16.6 Å². The lowest BCUT2D eigenvalue weighted by molar-refractivity contribution is 0.173. The maximum Gasteiger partial charge on any atom is 0.231 e. The number of benzene rings is 1. The van der Waals surface area contributed by atoms with Crippen molar-refractivity contribution in [2.45, 2.75) is 6.42 Å². The van der Waals surface area contributed by atoms with Crippen LogP contribution < -0.4 is 9.47 Å². The molecule has 3 nitrogen and oxygen atoms in total. The van der Waals surface area contributed by atoms with E-state index in [0.29, 0.717) is 6.42 Å². The Morgan fingerprint density at radius 2 is 2.23 bits per heavy atom. The Kier molecular flexibility index (Phi) is 2.42. The summed E-state index contributed by atoms with van der Waals surface area (Å²) in [4.78, 5) is 0. The van der Waals surface area contributed by atoms with E-state index in [0.717, 1.165) is 21.5 Å². The maximum absolute atomic E-state index is 8.83. The van der Waals surface area contributed by atoms with Crippen LogP contribution in [0.4, 0.5) is 0 Å². The van der Waals surface area contributed by atoms with E-state index in [1.807, 2.05) is 12.1 Å². The largest absolute Gasteiger partial charge is 0.454 e. The highest BCUT2D eigenvalue weighted by Crippen LogP contribution is 2.38. The number of ether oxygens (including phenoxy) is 2. The SMILES string of the molecule is OCCc1cc(Br)cc2c1OCO2. The number of fused-ring (bicyclic) bond motifs is 1. The zero-order valence-electron chi connectivity index (χ0n) is 6.92. The van der Waals surface area contributed by atoms with E-state index in [1.165, 1.54) is 0 Å². The van der Waals surface area contributed by atoms with Gasteiger partial charge >= 0.3 is 0 Å². The molecule has 0 aliphatic carbocycles. The number of aliphatic hydroxyl groups excluding tert-OH is 1. The van der Waals surface area contributed by atoms with Gasteiger partial charge < -0.3 is 14.6 Å². The Morgan fingerprint density at radius 1 is 1.38 bits per heavy atom. The predicted molar refractivity (Wildman–Crippen MR) is 51.1 cm³/mol. The molecule has 1 aliphatic heterocycles. The zero-order valence-corrected chi connectivity index (χ0v) is 8.50. The van der Waals surface area contributed by atoms with Crippen molar-refractivity contribution in [3.8, 4) is 11.5 Å². The highest BCUT2D eigenvalue weighted by atomic mass is 79.9. The van der Waals surface area contributed by atoms with Crippen molar-refractivity contribution < 1.29 is 14.6 Å². The Hall–Kier alpha value is -0.740. The van der Waals surface area contributed by atoms with Crippen molar-refractivity contribution in [3.05, 3.63) is 22.2 Å². The van der Waals surface area contributed by atoms with Gasteiger partial charge in [-0.15, -0.1) is 0 Å². The molecule has 0 unspecified atom stereocenters. The lowest BCUT2D eigenvalue weighted by atomic mass is 10.1. The summed E-state index contributed by atoms with van der Waals surface area (Å²) in [6, 6.07) is 3.80. The smallest absolute Gasteiger partial charge is 0.231 e. The molecule has 0 spiro atoms. The first-order chi connectivity index (χ1) is 6.31. The van der Waals surface area contributed by atoms with Gasteiger partial charge in [-0.3, -0.25) is 0 Å². The average molecular weight is 245 g/mol. The summed E-state index contributed by atoms with van der Waals surface area (Å²) in [5.74, 6) is 1.51. The number of aliphatic hydroxyl groups is 1. The molecule has 1 heterocycles. The summed E-state index contributed by atoms with van der Waals surface area (Å²) in [5.41, 5.74) is 0.976. The van der Waals surface area contributed by atoms with Gasteiger partial charge in [0.15, 0.2) is 11.5 Å². The third-order valence-electron chi connectivity index (χ3n) is 1.90. The normalized spacial score (nSPS) is 13.4. The maximum atomic E-state index is 8.83. The third-order valence-corrected chi connectivity index (χ3v) is 2.35. The van der Waals surface area contributed by atoms with Crippen LogP contribution in [0.3, 0.4) is 0 Å². The number of hydrogen-bond acceptors (Lipinski definition) is 3. The van der Waals surface area contributed by atoms with Crippen molar-refractivity contribution >= 4 is 15.9 Å². The van der Waals surface area contributed by atoms with Crippen molar-refractivity contribution in [1.29, 1.82) is 0 Å². The molecule has 1 N–H and O–H groups in total. The minimum absolute atomic E-state index is 0.117. The molecular formula is C9H9BrO3. The lowest BCUT2D eigenvalue weighted by Gasteiger charge is -2.04. The summed E-state index contributed by atoms with van der Waals surface area (Å²) >= 11 is 3.37. The van der Waals surface area contributed by atoms with Gasteiger partial charge in [-0.2, -0.15) is 0 Å². The van der Waals surface area contributed by atoms with E-state index in [1.54, 1.807) is 0 Å². The van der Waals surface area contributed by atoms with Gasteiger partial charge in [0.05, 0.1) is 0 Å². The number of rotatable bonds is 2. The van der Waals surface area contributed by atoms with E-state index in [4.69, 9.17) is 14.6 Å². The third kappa shape index (κ3) is 1.64. The van der Waals surface area contributed by atoms with E-state index in [9.17, 15) is 0 Å². The number of halogens is 1. The molecule has 2 rings (SSSR count). The van der Waals surface area contributed by atoms with Crippen LogP contribution >= 0.6 is 15.9 Å². The molecule has 0 radical (unpaired) electrons. The van der Waals surface area contributed by atoms with Crippen LogP contribution in [-0.2, 0) is 6.42 Å². The Labute approximate surface area is 84.4 Å². The molecule has 13 heavy (non-hydrogen) atoms. The fourth-order valence-electron chi connectivity index (χ4n) is 1.35. The van der Waals surface area contributed by atoms with E-state index < -0.39 is 0 Å². The van der Waals surface area contributed by atoms with Gasteiger partial charge in [0.1, 0.15) is 0 Å². The van der Waals surface area contributed by atoms with Crippen molar-refractivity contribution in [2.75, 3.05) is 13.4 Å². The van der Waals surface area contributed by atoms with Crippen LogP contribution in [0, 0.1) is 0 Å². The Balaban J connectivity index is 2.43. The van der Waals surface area contributed by atoms with Gasteiger partial charge in [0.2, 0.25) is 6.79 Å². The molecule has 0 atom stereocenters. The molecule has 0 saturated heterocycles. The fraction of sp³-hybridized carbons (Fsp3) is 0.333. The summed E-state index contributed by atoms with van der Waals surface area (Å²) in [6.07, 6.45) is 0.588. The molecule has 1 aromatic carbocycles. The lowest BCUT2D eigenvalue weighted by Crippen LogP contribution is -1.96. The number of hydrogen-bond donors (Lipinski definition) is 1. The molecule has 0 aromatic heterocycles. The Bertz CT molecular complexity index is 325. The molecule has 4 heteroatoms. The summed E-state index contributed by atoms with van der Waals surface area (Å²) in [6.45, 7) is 0.385. The second kappa shape index (κ2) is 3.55. The summed E-state index contributed by atoms with van der Waals surface area (Å²) in [5, 5.41) is 8.83. The van der Waals surface area contributed by atoms with Crippen LogP contribution in [0.1, 0.15) is 5.56 Å². The molecule has 0 fully saturated rings. The minimum Gasteiger partial charge on any atom is -0.454 e. The monoisotopic (exact) mass is 244 g/mol. The van der Waals surface area contributed by atoms with Crippen LogP contribution in [0.25, 0.3) is 0 Å². The van der Waals surface area contributed by atoms with Crippen LogP contribution in [0.5, 0.6) is 11.5 Å². The fourth-order valence-corrected chi connectivity index (χ4v) is 1.84. The quantitative estimate of drug-likeness (QED) is 0.862. The first-order valence-corrected chi connectivity index (χ1v) is 4.79. The first kappa shape index (κ1) is 8.84. The van der Waals surface area contributed by atoms with Gasteiger partial charge in [0.25, 0.3) is 0 Å². The average Bonchev–Trinajstić information content (AvgIpc) is 2.52. The van der Waals surface area contributed by atoms with Crippen molar-refractivity contribution in [3.63, 3.8) is 0 Å². The highest BCUT2D eigenvalue weighted by molar-refractivity contribution is 9.10. The van der Waals surface area contributed by atoms with Crippen molar-refractivity contribution in [1.82, 2.24) is 0 Å². The molecular weight excluding hydrogens is 236 g/mol. The van der Waals surface area contributed by atoms with E-state index >= 15 is 0 Å². The van der Waals surface area contributed by atoms with E-state index in [-0.39, 0.29) is 13.4 Å². The topological polar surface area (TPSA) is 38.7 Å². The van der Waals surface area contributed by atoms with Gasteiger partial charge in [-0.25, -0.2) is 0 Å². The van der Waals surface area contributed by atoms with Crippen LogP contribution in [0.2, 0.25) is 0 Å². The standard InChI is InChI=1S/C9H9BrO3/c10-7-3-6(1-2-11)9-8(4-7)12-5-13-9/h3-4,11H,1-2,5H2. The second-order valence-electron chi connectivity index (χ2n) is 2.77. The summed E-state index contributed by atoms with van der Waals surface area (Å²) < 4.78 is 11.5. The molecule has 70 valence electrons. The highest BCUT2D eigenvalue weighted by Gasteiger charge is 2.18. The molecule has 1 aromatic rings. The second-order valence-corrected chi connectivity index (χ2v) is 3.69. The molecule has 0 bridgehead atoms. The molecule has 0 amide bonds. The summed E-state index contributed by atoms with van der Waals surface area (Å²) in [7, 11) is 0. The first-order valence-electron chi connectivity index (χ1n) is 4.00. The molecule has 0 saturated carbocycles. The van der Waals surface area contributed by atoms with Crippen molar-refractivity contribution in [2.24, 2.45) is 0 Å². The Morgan fingerprint density at radius 3 is 3.00 bits per heavy atom. The zero-order chi connectivity index (χ0) is 9.26. The van der Waals surface area contributed by atoms with Gasteiger partial charge in [-0.05, 0) is 18.6 Å². The van der Waals surface area contributed by atoms with E-state index in [2.05, 4.69) is 15.9 Å². The minimum atomic E-state index is 0.117. The van der Waals surface area contributed by atoms with Crippen LogP contribution in [0.15, 0.2) is 16.6 Å². The predicted octanol–water partition coefficient (Wildman–Crippen LogP) is 1.71.